The van der Waals surface area contributed by atoms with Gasteiger partial charge >= 0.3 is 0 Å². The van der Waals surface area contributed by atoms with E-state index < -0.39 is 0 Å². The Morgan fingerprint density at radius 2 is 1.80 bits per heavy atom. The highest BCUT2D eigenvalue weighted by atomic mass is 32.1. The number of piperidine rings is 1. The molecular formula is C22H26N4O2S2. The van der Waals surface area contributed by atoms with Gasteiger partial charge in [-0.2, -0.15) is 0 Å². The van der Waals surface area contributed by atoms with Crippen molar-refractivity contribution >= 4 is 38.8 Å². The van der Waals surface area contributed by atoms with Crippen LogP contribution in [0.5, 0.6) is 0 Å². The third-order valence-corrected chi connectivity index (χ3v) is 7.90. The van der Waals surface area contributed by atoms with Crippen molar-refractivity contribution in [2.45, 2.75) is 45.2 Å². The quantitative estimate of drug-likeness (QED) is 0.603. The normalized spacial score (nSPS) is 17.8. The van der Waals surface area contributed by atoms with Gasteiger partial charge in [0.25, 0.3) is 5.56 Å². The molecule has 3 aromatic heterocycles. The number of aromatic nitrogens is 2. The summed E-state index contributed by atoms with van der Waals surface area (Å²) < 4.78 is 1.65. The summed E-state index contributed by atoms with van der Waals surface area (Å²) in [6, 6.07) is 4.03. The molecule has 0 atom stereocenters. The average Bonchev–Trinajstić information content (AvgIpc) is 3.52. The molecule has 5 heterocycles. The first kappa shape index (κ1) is 19.9. The summed E-state index contributed by atoms with van der Waals surface area (Å²) in [6.07, 6.45) is 5.72. The van der Waals surface area contributed by atoms with Gasteiger partial charge in [-0.15, -0.1) is 22.7 Å². The van der Waals surface area contributed by atoms with Crippen molar-refractivity contribution in [3.05, 3.63) is 39.1 Å². The SMILES string of the molecule is O=C(Cn1c(CN2CCCCC2)nc2scc(-c3cccs3)c2c1=O)N1CCCC1. The molecule has 0 N–H and O–H groups in total. The van der Waals surface area contributed by atoms with Crippen LogP contribution in [0.1, 0.15) is 37.9 Å². The Labute approximate surface area is 183 Å². The molecule has 6 nitrogen and oxygen atoms in total. The minimum absolute atomic E-state index is 0.0311. The number of fused-ring (bicyclic) bond motifs is 1. The Morgan fingerprint density at radius 1 is 1.03 bits per heavy atom. The molecule has 3 aromatic rings. The maximum Gasteiger partial charge on any atom is 0.263 e. The second kappa shape index (κ2) is 8.61. The molecular weight excluding hydrogens is 416 g/mol. The molecule has 0 unspecified atom stereocenters. The summed E-state index contributed by atoms with van der Waals surface area (Å²) in [6.45, 7) is 4.36. The highest BCUT2D eigenvalue weighted by Crippen LogP contribution is 2.34. The van der Waals surface area contributed by atoms with E-state index in [1.807, 2.05) is 27.8 Å². The molecule has 0 radical (unpaired) electrons. The lowest BCUT2D eigenvalue weighted by atomic mass is 10.1. The van der Waals surface area contributed by atoms with Crippen molar-refractivity contribution < 1.29 is 4.79 Å². The minimum atomic E-state index is -0.0794. The highest BCUT2D eigenvalue weighted by Gasteiger charge is 2.24. The minimum Gasteiger partial charge on any atom is -0.341 e. The van der Waals surface area contributed by atoms with Crippen molar-refractivity contribution in [2.75, 3.05) is 26.2 Å². The molecule has 158 valence electrons. The van der Waals surface area contributed by atoms with Crippen molar-refractivity contribution in [1.29, 1.82) is 0 Å². The molecule has 30 heavy (non-hydrogen) atoms. The molecule has 2 aliphatic heterocycles. The molecule has 1 amide bonds. The monoisotopic (exact) mass is 442 g/mol. The number of rotatable bonds is 5. The zero-order valence-electron chi connectivity index (χ0n) is 17.0. The molecule has 0 aromatic carbocycles. The maximum absolute atomic E-state index is 13.7. The van der Waals surface area contributed by atoms with Crippen molar-refractivity contribution in [2.24, 2.45) is 0 Å². The Hall–Kier alpha value is -2.03. The smallest absolute Gasteiger partial charge is 0.263 e. The Kier molecular flexibility index (Phi) is 5.71. The van der Waals surface area contributed by atoms with Crippen LogP contribution in [0.25, 0.3) is 20.7 Å². The first-order chi connectivity index (χ1) is 14.7. The van der Waals surface area contributed by atoms with Gasteiger partial charge in [0.1, 0.15) is 17.2 Å². The van der Waals surface area contributed by atoms with E-state index in [0.29, 0.717) is 11.9 Å². The van der Waals surface area contributed by atoms with Crippen LogP contribution in [-0.4, -0.2) is 51.4 Å². The van der Waals surface area contributed by atoms with E-state index in [9.17, 15) is 9.59 Å². The number of amides is 1. The largest absolute Gasteiger partial charge is 0.341 e. The Balaban J connectivity index is 1.57. The molecule has 0 bridgehead atoms. The lowest BCUT2D eigenvalue weighted by molar-refractivity contribution is -0.130. The zero-order chi connectivity index (χ0) is 20.5. The van der Waals surface area contributed by atoms with Crippen LogP contribution in [0.2, 0.25) is 0 Å². The average molecular weight is 443 g/mol. The summed E-state index contributed by atoms with van der Waals surface area (Å²) in [5.41, 5.74) is 0.860. The van der Waals surface area contributed by atoms with Crippen LogP contribution >= 0.6 is 22.7 Å². The lowest BCUT2D eigenvalue weighted by Crippen LogP contribution is -2.38. The number of hydrogen-bond donors (Lipinski definition) is 0. The number of hydrogen-bond acceptors (Lipinski definition) is 6. The number of thiophene rings is 2. The fourth-order valence-corrected chi connectivity index (χ4v) is 6.25. The molecule has 5 rings (SSSR count). The van der Waals surface area contributed by atoms with Gasteiger partial charge in [0.15, 0.2) is 0 Å². The molecule has 2 aliphatic rings. The van der Waals surface area contributed by atoms with E-state index >= 15 is 0 Å². The van der Waals surface area contributed by atoms with Crippen LogP contribution in [0.4, 0.5) is 0 Å². The molecule has 2 fully saturated rings. The van der Waals surface area contributed by atoms with Gasteiger partial charge in [-0.3, -0.25) is 19.1 Å². The van der Waals surface area contributed by atoms with Crippen molar-refractivity contribution in [3.63, 3.8) is 0 Å². The first-order valence-electron chi connectivity index (χ1n) is 10.8. The van der Waals surface area contributed by atoms with Crippen LogP contribution < -0.4 is 5.56 Å². The lowest BCUT2D eigenvalue weighted by Gasteiger charge is -2.27. The number of nitrogens with zero attached hydrogens (tertiary/aromatic N) is 4. The summed E-state index contributed by atoms with van der Waals surface area (Å²) in [4.78, 5) is 37.6. The van der Waals surface area contributed by atoms with E-state index in [-0.39, 0.29) is 18.0 Å². The van der Waals surface area contributed by atoms with Gasteiger partial charge in [-0.25, -0.2) is 4.98 Å². The Morgan fingerprint density at radius 3 is 2.53 bits per heavy atom. The zero-order valence-corrected chi connectivity index (χ0v) is 18.6. The van der Waals surface area contributed by atoms with E-state index in [1.165, 1.54) is 30.6 Å². The summed E-state index contributed by atoms with van der Waals surface area (Å²) in [5, 5.41) is 4.70. The second-order valence-electron chi connectivity index (χ2n) is 8.15. The molecule has 0 spiro atoms. The van der Waals surface area contributed by atoms with Gasteiger partial charge in [0, 0.05) is 28.9 Å². The number of carbonyl (C=O) groups excluding carboxylic acids is 1. The van der Waals surface area contributed by atoms with Crippen molar-refractivity contribution in [1.82, 2.24) is 19.4 Å². The van der Waals surface area contributed by atoms with Gasteiger partial charge in [0.2, 0.25) is 5.91 Å². The predicted octanol–water partition coefficient (Wildman–Crippen LogP) is 3.79. The fraction of sp³-hybridized carbons (Fsp3) is 0.500. The van der Waals surface area contributed by atoms with Crippen LogP contribution in [0.15, 0.2) is 27.7 Å². The molecule has 8 heteroatoms. The van der Waals surface area contributed by atoms with E-state index in [1.54, 1.807) is 15.9 Å². The molecule has 2 saturated heterocycles. The molecule has 0 aliphatic carbocycles. The Bertz CT molecular complexity index is 1090. The van der Waals surface area contributed by atoms with E-state index in [0.717, 1.165) is 60.1 Å². The van der Waals surface area contributed by atoms with Gasteiger partial charge in [0.05, 0.1) is 11.9 Å². The number of carbonyl (C=O) groups is 1. The van der Waals surface area contributed by atoms with Crippen LogP contribution in [0.3, 0.4) is 0 Å². The van der Waals surface area contributed by atoms with Crippen molar-refractivity contribution in [3.8, 4) is 10.4 Å². The topological polar surface area (TPSA) is 58.4 Å². The van der Waals surface area contributed by atoms with Gasteiger partial charge in [-0.1, -0.05) is 12.5 Å². The first-order valence-corrected chi connectivity index (χ1v) is 12.5. The third-order valence-electron chi connectivity index (χ3n) is 6.13. The highest BCUT2D eigenvalue weighted by molar-refractivity contribution is 7.18. The summed E-state index contributed by atoms with van der Waals surface area (Å²) >= 11 is 3.15. The maximum atomic E-state index is 13.7. The summed E-state index contributed by atoms with van der Waals surface area (Å²) in [7, 11) is 0. The van der Waals surface area contributed by atoms with E-state index in [2.05, 4.69) is 4.90 Å². The standard InChI is InChI=1S/C22H26N4O2S2/c27-19(25-10-4-5-11-25)14-26-18(13-24-8-2-1-3-9-24)23-21-20(22(26)28)16(15-30-21)17-7-6-12-29-17/h6-7,12,15H,1-5,8-11,13-14H2. The summed E-state index contributed by atoms with van der Waals surface area (Å²) in [5.74, 6) is 0.755. The van der Waals surface area contributed by atoms with E-state index in [4.69, 9.17) is 4.98 Å². The predicted molar refractivity (Wildman–Crippen MR) is 122 cm³/mol. The van der Waals surface area contributed by atoms with Crippen LogP contribution in [-0.2, 0) is 17.9 Å². The molecule has 0 saturated carbocycles. The van der Waals surface area contributed by atoms with Crippen LogP contribution in [0, 0.1) is 0 Å². The second-order valence-corrected chi connectivity index (χ2v) is 9.96. The van der Waals surface area contributed by atoms with Gasteiger partial charge in [-0.05, 0) is 50.2 Å². The number of likely N-dealkylation sites (tertiary alicyclic amines) is 2. The third kappa shape index (κ3) is 3.84. The van der Waals surface area contributed by atoms with Gasteiger partial charge < -0.3 is 4.90 Å². The fourth-order valence-electron chi connectivity index (χ4n) is 4.48.